The topological polar surface area (TPSA) is 74.2 Å². The maximum absolute atomic E-state index is 13.8. The number of hydrogen-bond donors (Lipinski definition) is 1. The summed E-state index contributed by atoms with van der Waals surface area (Å²) in [7, 11) is 0. The molecule has 1 aromatic heterocycles. The number of aromatic nitrogens is 2. The Morgan fingerprint density at radius 3 is 2.85 bits per heavy atom. The molecule has 0 radical (unpaired) electrons. The van der Waals surface area contributed by atoms with Crippen LogP contribution in [0.3, 0.4) is 0 Å². The molecule has 7 heteroatoms. The fourth-order valence-corrected chi connectivity index (χ4v) is 1.86. The molecular weight excluding hydrogens is 329 g/mol. The van der Waals surface area contributed by atoms with Gasteiger partial charge in [0.2, 0.25) is 0 Å². The molecule has 1 unspecified atom stereocenters. The molecular formula is C13H15BrFN3O2. The summed E-state index contributed by atoms with van der Waals surface area (Å²) in [6.45, 7) is 4.09. The number of benzene rings is 1. The lowest BCUT2D eigenvalue weighted by Crippen LogP contribution is -2.20. The summed E-state index contributed by atoms with van der Waals surface area (Å²) in [5, 5.41) is 3.76. The van der Waals surface area contributed by atoms with E-state index in [9.17, 15) is 4.39 Å². The highest BCUT2D eigenvalue weighted by Crippen LogP contribution is 2.24. The van der Waals surface area contributed by atoms with Gasteiger partial charge in [-0.2, -0.15) is 4.98 Å². The maximum atomic E-state index is 13.8. The summed E-state index contributed by atoms with van der Waals surface area (Å²) >= 11 is 3.19. The van der Waals surface area contributed by atoms with Crippen LogP contribution in [0.5, 0.6) is 0 Å². The molecule has 0 fully saturated rings. The van der Waals surface area contributed by atoms with Gasteiger partial charge >= 0.3 is 0 Å². The van der Waals surface area contributed by atoms with Crippen LogP contribution in [0.4, 0.5) is 4.39 Å². The molecule has 1 aromatic carbocycles. The van der Waals surface area contributed by atoms with E-state index in [4.69, 9.17) is 15.0 Å². The molecule has 2 rings (SSSR count). The molecule has 0 aliphatic carbocycles. The second-order valence-electron chi connectivity index (χ2n) is 4.57. The van der Waals surface area contributed by atoms with Gasteiger partial charge in [-0.3, -0.25) is 0 Å². The second kappa shape index (κ2) is 6.43. The molecule has 2 N–H and O–H groups in total. The Balaban J connectivity index is 2.16. The molecule has 5 nitrogen and oxygen atoms in total. The zero-order valence-electron chi connectivity index (χ0n) is 11.1. The van der Waals surface area contributed by atoms with Crippen molar-refractivity contribution in [2.75, 3.05) is 6.61 Å². The zero-order valence-corrected chi connectivity index (χ0v) is 12.7. The van der Waals surface area contributed by atoms with Crippen LogP contribution in [-0.2, 0) is 4.74 Å². The molecule has 2 aromatic rings. The highest BCUT2D eigenvalue weighted by molar-refractivity contribution is 9.10. The Kier molecular flexibility index (Phi) is 4.85. The van der Waals surface area contributed by atoms with Crippen LogP contribution in [0.1, 0.15) is 25.7 Å². The minimum Gasteiger partial charge on any atom is -0.377 e. The monoisotopic (exact) mass is 343 g/mol. The summed E-state index contributed by atoms with van der Waals surface area (Å²) in [6.07, 6.45) is 0.0661. The van der Waals surface area contributed by atoms with Crippen molar-refractivity contribution >= 4 is 15.9 Å². The molecule has 0 spiro atoms. The van der Waals surface area contributed by atoms with Crippen LogP contribution >= 0.6 is 15.9 Å². The normalized spacial score (nSPS) is 12.9. The molecule has 1 atom stereocenters. The van der Waals surface area contributed by atoms with E-state index in [1.54, 1.807) is 12.1 Å². The third-order valence-electron chi connectivity index (χ3n) is 2.54. The molecule has 0 saturated carbocycles. The Bertz CT molecular complexity index is 589. The maximum Gasteiger partial charge on any atom is 0.260 e. The number of halogens is 2. The fourth-order valence-electron chi connectivity index (χ4n) is 1.53. The minimum absolute atomic E-state index is 0.0661. The highest BCUT2D eigenvalue weighted by Gasteiger charge is 2.18. The molecule has 0 aliphatic heterocycles. The van der Waals surface area contributed by atoms with Crippen molar-refractivity contribution in [3.63, 3.8) is 0 Å². The van der Waals surface area contributed by atoms with E-state index in [1.807, 2.05) is 13.8 Å². The first-order chi connectivity index (χ1) is 9.47. The Hall–Kier alpha value is -1.31. The first-order valence-electron chi connectivity index (χ1n) is 6.13. The number of nitrogens with two attached hydrogens (primary N) is 1. The van der Waals surface area contributed by atoms with E-state index >= 15 is 0 Å². The summed E-state index contributed by atoms with van der Waals surface area (Å²) in [5.74, 6) is -0.0467. The molecule has 0 bridgehead atoms. The van der Waals surface area contributed by atoms with E-state index in [1.165, 1.54) is 6.07 Å². The Morgan fingerprint density at radius 1 is 1.45 bits per heavy atom. The smallest absolute Gasteiger partial charge is 0.260 e. The van der Waals surface area contributed by atoms with Gasteiger partial charge in [-0.15, -0.1) is 0 Å². The van der Waals surface area contributed by atoms with Gasteiger partial charge in [0.15, 0.2) is 5.82 Å². The van der Waals surface area contributed by atoms with Gasteiger partial charge in [-0.1, -0.05) is 21.1 Å². The Morgan fingerprint density at radius 2 is 2.20 bits per heavy atom. The highest BCUT2D eigenvalue weighted by atomic mass is 79.9. The summed E-state index contributed by atoms with van der Waals surface area (Å²) < 4.78 is 24.9. The summed E-state index contributed by atoms with van der Waals surface area (Å²) in [4.78, 5) is 4.11. The third-order valence-corrected chi connectivity index (χ3v) is 3.04. The minimum atomic E-state index is -0.506. The second-order valence-corrected chi connectivity index (χ2v) is 5.49. The van der Waals surface area contributed by atoms with E-state index < -0.39 is 11.9 Å². The standard InChI is InChI=1S/C13H15BrFN3O2/c1-7(2)19-6-11(16)12-17-13(20-18-12)9-4-3-8(14)5-10(9)15/h3-5,7,11H,6,16H2,1-2H3. The SMILES string of the molecule is CC(C)OCC(N)c1noc(-c2ccc(Br)cc2F)n1. The van der Waals surface area contributed by atoms with E-state index in [2.05, 4.69) is 26.1 Å². The quantitative estimate of drug-likeness (QED) is 0.902. The van der Waals surface area contributed by atoms with Crippen molar-refractivity contribution in [3.05, 3.63) is 34.3 Å². The zero-order chi connectivity index (χ0) is 14.7. The van der Waals surface area contributed by atoms with Crippen molar-refractivity contribution in [1.29, 1.82) is 0 Å². The van der Waals surface area contributed by atoms with Crippen LogP contribution in [0, 0.1) is 5.82 Å². The molecule has 0 aliphatic rings. The lowest BCUT2D eigenvalue weighted by atomic mass is 10.2. The van der Waals surface area contributed by atoms with Crippen molar-refractivity contribution in [3.8, 4) is 11.5 Å². The summed E-state index contributed by atoms with van der Waals surface area (Å²) in [6, 6.07) is 4.09. The predicted molar refractivity (Wildman–Crippen MR) is 75.4 cm³/mol. The number of rotatable bonds is 5. The largest absolute Gasteiger partial charge is 0.377 e. The van der Waals surface area contributed by atoms with Crippen molar-refractivity contribution in [2.24, 2.45) is 5.73 Å². The van der Waals surface area contributed by atoms with Gasteiger partial charge in [-0.25, -0.2) is 4.39 Å². The first-order valence-corrected chi connectivity index (χ1v) is 6.93. The molecule has 20 heavy (non-hydrogen) atoms. The lowest BCUT2D eigenvalue weighted by molar-refractivity contribution is 0.0665. The van der Waals surface area contributed by atoms with Crippen LogP contribution in [0.25, 0.3) is 11.5 Å². The van der Waals surface area contributed by atoms with Crippen LogP contribution in [0.15, 0.2) is 27.2 Å². The number of hydrogen-bond acceptors (Lipinski definition) is 5. The molecule has 0 saturated heterocycles. The van der Waals surface area contributed by atoms with Gasteiger partial charge in [0.1, 0.15) is 5.82 Å². The van der Waals surface area contributed by atoms with Crippen LogP contribution in [-0.4, -0.2) is 22.9 Å². The van der Waals surface area contributed by atoms with Crippen molar-refractivity contribution < 1.29 is 13.7 Å². The number of nitrogens with zero attached hydrogens (tertiary/aromatic N) is 2. The van der Waals surface area contributed by atoms with Crippen molar-refractivity contribution in [2.45, 2.75) is 26.0 Å². The molecule has 0 amide bonds. The van der Waals surface area contributed by atoms with Crippen LogP contribution in [0.2, 0.25) is 0 Å². The van der Waals surface area contributed by atoms with Gasteiger partial charge < -0.3 is 15.0 Å². The van der Waals surface area contributed by atoms with E-state index in [-0.39, 0.29) is 24.2 Å². The fraction of sp³-hybridized carbons (Fsp3) is 0.385. The average Bonchev–Trinajstić information content (AvgIpc) is 2.85. The van der Waals surface area contributed by atoms with E-state index in [0.717, 1.165) is 0 Å². The van der Waals surface area contributed by atoms with Crippen LogP contribution < -0.4 is 5.73 Å². The van der Waals surface area contributed by atoms with Gasteiger partial charge in [0.25, 0.3) is 5.89 Å². The van der Waals surface area contributed by atoms with Gasteiger partial charge in [-0.05, 0) is 32.0 Å². The Labute approximate surface area is 124 Å². The van der Waals surface area contributed by atoms with Gasteiger partial charge in [0.05, 0.1) is 24.3 Å². The summed E-state index contributed by atoms with van der Waals surface area (Å²) in [5.41, 5.74) is 6.13. The number of ether oxygens (including phenoxy) is 1. The molecule has 108 valence electrons. The van der Waals surface area contributed by atoms with Crippen molar-refractivity contribution in [1.82, 2.24) is 10.1 Å². The predicted octanol–water partition coefficient (Wildman–Crippen LogP) is 3.06. The first kappa shape index (κ1) is 15.1. The molecule has 1 heterocycles. The third kappa shape index (κ3) is 3.62. The van der Waals surface area contributed by atoms with E-state index in [0.29, 0.717) is 10.3 Å². The van der Waals surface area contributed by atoms with Gasteiger partial charge in [0, 0.05) is 4.47 Å². The average molecular weight is 344 g/mol. The lowest BCUT2D eigenvalue weighted by Gasteiger charge is -2.10.